The molecule has 0 unspecified atom stereocenters. The van der Waals surface area contributed by atoms with Gasteiger partial charge in [-0.05, 0) is 39.4 Å². The lowest BCUT2D eigenvalue weighted by molar-refractivity contribution is 0.593. The molecule has 0 bridgehead atoms. The van der Waals surface area contributed by atoms with Crippen LogP contribution < -0.4 is 10.6 Å². The van der Waals surface area contributed by atoms with Crippen molar-refractivity contribution in [3.8, 4) is 0 Å². The SMILES string of the molecule is CCCNCCCNCc1scnc1C. The van der Waals surface area contributed by atoms with Crippen molar-refractivity contribution >= 4 is 11.3 Å². The molecule has 2 N–H and O–H groups in total. The summed E-state index contributed by atoms with van der Waals surface area (Å²) < 4.78 is 0. The first-order valence-corrected chi connectivity index (χ1v) is 6.53. The molecule has 1 aromatic heterocycles. The summed E-state index contributed by atoms with van der Waals surface area (Å²) in [7, 11) is 0. The Balaban J connectivity index is 1.96. The van der Waals surface area contributed by atoms with Gasteiger partial charge in [0.15, 0.2) is 0 Å². The first-order chi connectivity index (χ1) is 7.34. The third kappa shape index (κ3) is 5.25. The van der Waals surface area contributed by atoms with Gasteiger partial charge >= 0.3 is 0 Å². The molecule has 86 valence electrons. The monoisotopic (exact) mass is 227 g/mol. The maximum atomic E-state index is 4.22. The van der Waals surface area contributed by atoms with Crippen LogP contribution in [0.5, 0.6) is 0 Å². The molecule has 3 nitrogen and oxygen atoms in total. The molecule has 0 saturated heterocycles. The smallest absolute Gasteiger partial charge is 0.0798 e. The van der Waals surface area contributed by atoms with Crippen LogP contribution in [0.15, 0.2) is 5.51 Å². The zero-order chi connectivity index (χ0) is 10.9. The quantitative estimate of drug-likeness (QED) is 0.666. The number of aromatic nitrogens is 1. The van der Waals surface area contributed by atoms with Crippen molar-refractivity contribution < 1.29 is 0 Å². The summed E-state index contributed by atoms with van der Waals surface area (Å²) in [5.41, 5.74) is 3.08. The molecule has 0 aliphatic heterocycles. The van der Waals surface area contributed by atoms with Crippen LogP contribution in [0.1, 0.15) is 30.3 Å². The standard InChI is InChI=1S/C11H21N3S/c1-3-5-12-6-4-7-13-8-11-10(2)14-9-15-11/h9,12-13H,3-8H2,1-2H3. The van der Waals surface area contributed by atoms with Gasteiger partial charge in [-0.15, -0.1) is 11.3 Å². The maximum absolute atomic E-state index is 4.22. The Hall–Kier alpha value is -0.450. The highest BCUT2D eigenvalue weighted by atomic mass is 32.1. The third-order valence-corrected chi connectivity index (χ3v) is 3.20. The summed E-state index contributed by atoms with van der Waals surface area (Å²) in [6.45, 7) is 8.54. The Morgan fingerprint density at radius 2 is 2.07 bits per heavy atom. The Morgan fingerprint density at radius 1 is 1.27 bits per heavy atom. The Bertz CT molecular complexity index is 260. The van der Waals surface area contributed by atoms with Crippen LogP contribution in [0.2, 0.25) is 0 Å². The van der Waals surface area contributed by atoms with Gasteiger partial charge in [0.25, 0.3) is 0 Å². The van der Waals surface area contributed by atoms with E-state index in [-0.39, 0.29) is 0 Å². The highest BCUT2D eigenvalue weighted by Gasteiger charge is 1.99. The average molecular weight is 227 g/mol. The van der Waals surface area contributed by atoms with Gasteiger partial charge in [-0.25, -0.2) is 4.98 Å². The fourth-order valence-electron chi connectivity index (χ4n) is 1.34. The summed E-state index contributed by atoms with van der Waals surface area (Å²) >= 11 is 1.73. The van der Waals surface area contributed by atoms with Crippen molar-refractivity contribution in [1.82, 2.24) is 15.6 Å². The van der Waals surface area contributed by atoms with E-state index in [1.165, 1.54) is 17.7 Å². The number of hydrogen-bond donors (Lipinski definition) is 2. The molecular formula is C11H21N3S. The molecule has 0 spiro atoms. The molecule has 1 rings (SSSR count). The van der Waals surface area contributed by atoms with Crippen molar-refractivity contribution in [2.45, 2.75) is 33.2 Å². The predicted molar refractivity (Wildman–Crippen MR) is 66.3 cm³/mol. The minimum Gasteiger partial charge on any atom is -0.317 e. The third-order valence-electron chi connectivity index (χ3n) is 2.26. The lowest BCUT2D eigenvalue weighted by atomic mass is 10.3. The van der Waals surface area contributed by atoms with Gasteiger partial charge in [0.05, 0.1) is 11.2 Å². The summed E-state index contributed by atoms with van der Waals surface area (Å²) in [5.74, 6) is 0. The van der Waals surface area contributed by atoms with Crippen LogP contribution in [0.4, 0.5) is 0 Å². The molecule has 1 aromatic rings. The van der Waals surface area contributed by atoms with E-state index in [1.807, 2.05) is 5.51 Å². The van der Waals surface area contributed by atoms with Crippen LogP contribution in [0.25, 0.3) is 0 Å². The molecule has 0 atom stereocenters. The largest absolute Gasteiger partial charge is 0.317 e. The maximum Gasteiger partial charge on any atom is 0.0798 e. The first kappa shape index (κ1) is 12.6. The van der Waals surface area contributed by atoms with Crippen molar-refractivity contribution in [3.05, 3.63) is 16.1 Å². The minimum atomic E-state index is 0.963. The lowest BCUT2D eigenvalue weighted by Crippen LogP contribution is -2.22. The van der Waals surface area contributed by atoms with Gasteiger partial charge in [-0.3, -0.25) is 0 Å². The minimum absolute atomic E-state index is 0.963. The lowest BCUT2D eigenvalue weighted by Gasteiger charge is -2.04. The van der Waals surface area contributed by atoms with Gasteiger partial charge in [-0.1, -0.05) is 6.92 Å². The highest BCUT2D eigenvalue weighted by Crippen LogP contribution is 2.10. The molecule has 1 heterocycles. The van der Waals surface area contributed by atoms with Crippen molar-refractivity contribution in [3.63, 3.8) is 0 Å². The van der Waals surface area contributed by atoms with E-state index < -0.39 is 0 Å². The second kappa shape index (κ2) is 7.79. The van der Waals surface area contributed by atoms with Gasteiger partial charge in [-0.2, -0.15) is 0 Å². The number of hydrogen-bond acceptors (Lipinski definition) is 4. The Labute approximate surface area is 96.3 Å². The average Bonchev–Trinajstić information content (AvgIpc) is 2.63. The molecule has 0 amide bonds. The van der Waals surface area contributed by atoms with Crippen LogP contribution in [-0.2, 0) is 6.54 Å². The van der Waals surface area contributed by atoms with E-state index in [1.54, 1.807) is 11.3 Å². The second-order valence-electron chi connectivity index (χ2n) is 3.64. The molecule has 0 fully saturated rings. The fraction of sp³-hybridized carbons (Fsp3) is 0.727. The molecule has 0 aliphatic rings. The van der Waals surface area contributed by atoms with E-state index in [4.69, 9.17) is 0 Å². The second-order valence-corrected chi connectivity index (χ2v) is 4.58. The molecule has 4 heteroatoms. The van der Waals surface area contributed by atoms with Gasteiger partial charge in [0.2, 0.25) is 0 Å². The van der Waals surface area contributed by atoms with Crippen molar-refractivity contribution in [2.75, 3.05) is 19.6 Å². The van der Waals surface area contributed by atoms with E-state index in [2.05, 4.69) is 29.5 Å². The number of nitrogens with one attached hydrogen (secondary N) is 2. The van der Waals surface area contributed by atoms with E-state index >= 15 is 0 Å². The molecule has 0 saturated carbocycles. The normalized spacial score (nSPS) is 10.8. The number of thiazole rings is 1. The Kier molecular flexibility index (Phi) is 6.55. The zero-order valence-corrected chi connectivity index (χ0v) is 10.5. The topological polar surface area (TPSA) is 37.0 Å². The molecular weight excluding hydrogens is 206 g/mol. The number of aryl methyl sites for hydroxylation is 1. The molecule has 15 heavy (non-hydrogen) atoms. The molecule has 0 radical (unpaired) electrons. The molecule has 0 aromatic carbocycles. The van der Waals surface area contributed by atoms with E-state index in [9.17, 15) is 0 Å². The van der Waals surface area contributed by atoms with Crippen LogP contribution in [0, 0.1) is 6.92 Å². The number of rotatable bonds is 8. The van der Waals surface area contributed by atoms with E-state index in [0.29, 0.717) is 0 Å². The van der Waals surface area contributed by atoms with Crippen molar-refractivity contribution in [1.29, 1.82) is 0 Å². The zero-order valence-electron chi connectivity index (χ0n) is 9.68. The number of nitrogens with zero attached hydrogens (tertiary/aromatic N) is 1. The van der Waals surface area contributed by atoms with Gasteiger partial charge < -0.3 is 10.6 Å². The van der Waals surface area contributed by atoms with Gasteiger partial charge in [0, 0.05) is 11.4 Å². The summed E-state index contributed by atoms with van der Waals surface area (Å²) in [6, 6.07) is 0. The summed E-state index contributed by atoms with van der Waals surface area (Å²) in [6.07, 6.45) is 2.41. The molecule has 0 aliphatic carbocycles. The summed E-state index contributed by atoms with van der Waals surface area (Å²) in [4.78, 5) is 5.58. The van der Waals surface area contributed by atoms with Crippen LogP contribution >= 0.6 is 11.3 Å². The van der Waals surface area contributed by atoms with E-state index in [0.717, 1.165) is 31.9 Å². The highest BCUT2D eigenvalue weighted by molar-refractivity contribution is 7.09. The first-order valence-electron chi connectivity index (χ1n) is 5.65. The Morgan fingerprint density at radius 3 is 2.73 bits per heavy atom. The predicted octanol–water partition coefficient (Wildman–Crippen LogP) is 1.93. The summed E-state index contributed by atoms with van der Waals surface area (Å²) in [5, 5.41) is 6.83. The fourth-order valence-corrected chi connectivity index (χ4v) is 2.08. The van der Waals surface area contributed by atoms with Gasteiger partial charge in [0.1, 0.15) is 0 Å². The van der Waals surface area contributed by atoms with Crippen molar-refractivity contribution in [2.24, 2.45) is 0 Å². The van der Waals surface area contributed by atoms with Crippen LogP contribution in [-0.4, -0.2) is 24.6 Å². The van der Waals surface area contributed by atoms with Crippen LogP contribution in [0.3, 0.4) is 0 Å².